The number of nitrogens with one attached hydrogen (secondary N) is 1. The fourth-order valence-corrected chi connectivity index (χ4v) is 4.36. The van der Waals surface area contributed by atoms with Gasteiger partial charge in [-0.3, -0.25) is 9.69 Å². The van der Waals surface area contributed by atoms with Gasteiger partial charge in [-0.1, -0.05) is 30.3 Å². The first-order valence-electron chi connectivity index (χ1n) is 12.2. The van der Waals surface area contributed by atoms with Gasteiger partial charge in [0.2, 0.25) is 5.89 Å². The number of amides is 1. The molecular weight excluding hydrogens is 455 g/mol. The van der Waals surface area contributed by atoms with Gasteiger partial charge >= 0.3 is 0 Å². The molecule has 1 N–H and O–H groups in total. The molecule has 4 aromatic rings. The summed E-state index contributed by atoms with van der Waals surface area (Å²) in [4.78, 5) is 22.1. The molecule has 1 saturated heterocycles. The van der Waals surface area contributed by atoms with Crippen LogP contribution in [0.25, 0.3) is 11.5 Å². The van der Waals surface area contributed by atoms with Gasteiger partial charge in [0.25, 0.3) is 5.91 Å². The molecule has 36 heavy (non-hydrogen) atoms. The number of hydrogen-bond acceptors (Lipinski definition) is 5. The number of carbonyl (C=O) groups excluding carboxylic acids is 1. The highest BCUT2D eigenvalue weighted by Gasteiger charge is 2.20. The van der Waals surface area contributed by atoms with Gasteiger partial charge in [-0.05, 0) is 61.0 Å². The van der Waals surface area contributed by atoms with Crippen LogP contribution in [0.2, 0.25) is 0 Å². The van der Waals surface area contributed by atoms with Crippen molar-refractivity contribution in [2.24, 2.45) is 0 Å². The Morgan fingerprint density at radius 2 is 1.64 bits per heavy atom. The number of piperazine rings is 1. The van der Waals surface area contributed by atoms with E-state index in [4.69, 9.17) is 9.40 Å². The van der Waals surface area contributed by atoms with Crippen molar-refractivity contribution >= 4 is 11.6 Å². The van der Waals surface area contributed by atoms with Crippen LogP contribution in [0.3, 0.4) is 0 Å². The lowest BCUT2D eigenvalue weighted by molar-refractivity contribution is 0.0951. The van der Waals surface area contributed by atoms with E-state index in [1.807, 2.05) is 25.1 Å². The predicted octanol–water partition coefficient (Wildman–Crippen LogP) is 5.04. The Hall–Kier alpha value is -3.97. The lowest BCUT2D eigenvalue weighted by Crippen LogP contribution is -2.46. The van der Waals surface area contributed by atoms with Crippen molar-refractivity contribution in [3.63, 3.8) is 0 Å². The molecular formula is C29H29FN4O2. The van der Waals surface area contributed by atoms with Crippen molar-refractivity contribution in [1.82, 2.24) is 15.2 Å². The number of para-hydroxylation sites is 1. The fraction of sp³-hybridized carbons (Fsp3) is 0.241. The number of benzene rings is 3. The van der Waals surface area contributed by atoms with E-state index in [9.17, 15) is 9.18 Å². The van der Waals surface area contributed by atoms with Crippen molar-refractivity contribution in [2.45, 2.75) is 20.0 Å². The van der Waals surface area contributed by atoms with E-state index >= 15 is 0 Å². The number of oxazole rings is 1. The molecule has 6 nitrogen and oxygen atoms in total. The van der Waals surface area contributed by atoms with Crippen LogP contribution < -0.4 is 10.2 Å². The van der Waals surface area contributed by atoms with Gasteiger partial charge in [-0.15, -0.1) is 0 Å². The molecule has 0 atom stereocenters. The zero-order chi connectivity index (χ0) is 24.9. The molecule has 1 aliphatic heterocycles. The van der Waals surface area contributed by atoms with Crippen molar-refractivity contribution in [3.8, 4) is 11.5 Å². The molecule has 0 aliphatic carbocycles. The number of aryl methyl sites for hydroxylation is 1. The molecule has 1 aromatic heterocycles. The van der Waals surface area contributed by atoms with Crippen molar-refractivity contribution in [1.29, 1.82) is 0 Å². The molecule has 0 saturated carbocycles. The summed E-state index contributed by atoms with van der Waals surface area (Å²) in [5.41, 5.74) is 4.42. The zero-order valence-corrected chi connectivity index (χ0v) is 20.3. The second-order valence-corrected chi connectivity index (χ2v) is 9.01. The molecule has 1 amide bonds. The van der Waals surface area contributed by atoms with Crippen LogP contribution >= 0.6 is 0 Å². The highest BCUT2D eigenvalue weighted by molar-refractivity contribution is 5.94. The summed E-state index contributed by atoms with van der Waals surface area (Å²) in [5, 5.41) is 2.86. The van der Waals surface area contributed by atoms with E-state index in [0.29, 0.717) is 18.0 Å². The van der Waals surface area contributed by atoms with Crippen LogP contribution in [0.5, 0.6) is 0 Å². The number of aromatic nitrogens is 1. The first-order valence-corrected chi connectivity index (χ1v) is 12.2. The highest BCUT2D eigenvalue weighted by atomic mass is 19.1. The molecule has 2 heterocycles. The summed E-state index contributed by atoms with van der Waals surface area (Å²) in [5.74, 6) is 0.890. The van der Waals surface area contributed by atoms with Crippen LogP contribution in [0.15, 0.2) is 83.3 Å². The van der Waals surface area contributed by atoms with Crippen LogP contribution in [-0.2, 0) is 13.1 Å². The number of anilines is 1. The quantitative estimate of drug-likeness (QED) is 0.398. The van der Waals surface area contributed by atoms with E-state index in [2.05, 4.69) is 39.4 Å². The van der Waals surface area contributed by atoms with E-state index < -0.39 is 0 Å². The Balaban J connectivity index is 1.17. The number of rotatable bonds is 7. The standard InChI is InChI=1S/C29H29FN4O2/c1-21-27(20-33-15-17-34(18-16-33)26-5-3-2-4-6-26)32-29(36-21)24-11-9-23(10-12-24)28(35)31-19-22-7-13-25(30)14-8-22/h2-14H,15-20H2,1H3,(H,31,35). The molecule has 0 unspecified atom stereocenters. The molecule has 0 spiro atoms. The first kappa shape index (κ1) is 23.8. The maximum Gasteiger partial charge on any atom is 0.251 e. The van der Waals surface area contributed by atoms with Crippen molar-refractivity contribution in [2.75, 3.05) is 31.1 Å². The van der Waals surface area contributed by atoms with Gasteiger partial charge in [0, 0.05) is 56.1 Å². The Kier molecular flexibility index (Phi) is 7.09. The summed E-state index contributed by atoms with van der Waals surface area (Å²) < 4.78 is 19.0. The van der Waals surface area contributed by atoms with Gasteiger partial charge in [-0.25, -0.2) is 9.37 Å². The lowest BCUT2D eigenvalue weighted by Gasteiger charge is -2.35. The fourth-order valence-electron chi connectivity index (χ4n) is 4.36. The number of nitrogens with zero attached hydrogens (tertiary/aromatic N) is 3. The monoisotopic (exact) mass is 484 g/mol. The number of carbonyl (C=O) groups is 1. The minimum atomic E-state index is -0.295. The predicted molar refractivity (Wildman–Crippen MR) is 138 cm³/mol. The maximum atomic E-state index is 13.0. The molecule has 5 rings (SSSR count). The molecule has 1 fully saturated rings. The molecule has 7 heteroatoms. The van der Waals surface area contributed by atoms with Crippen LogP contribution in [0.4, 0.5) is 10.1 Å². The molecule has 3 aromatic carbocycles. The van der Waals surface area contributed by atoms with E-state index in [1.54, 1.807) is 24.3 Å². The molecule has 184 valence electrons. The third-order valence-electron chi connectivity index (χ3n) is 6.52. The summed E-state index contributed by atoms with van der Waals surface area (Å²) in [6.45, 7) is 6.95. The van der Waals surface area contributed by atoms with Crippen molar-refractivity contribution < 1.29 is 13.6 Å². The topological polar surface area (TPSA) is 61.6 Å². The molecule has 1 aliphatic rings. The first-order chi connectivity index (χ1) is 17.5. The molecule has 0 radical (unpaired) electrons. The highest BCUT2D eigenvalue weighted by Crippen LogP contribution is 2.24. The van der Waals surface area contributed by atoms with Gasteiger partial charge in [0.1, 0.15) is 11.6 Å². The van der Waals surface area contributed by atoms with Gasteiger partial charge in [0.15, 0.2) is 0 Å². The maximum absolute atomic E-state index is 13.0. The van der Waals surface area contributed by atoms with Gasteiger partial charge in [0.05, 0.1) is 5.69 Å². The second-order valence-electron chi connectivity index (χ2n) is 9.01. The summed E-state index contributed by atoms with van der Waals surface area (Å²) in [7, 11) is 0. The average Bonchev–Trinajstić information content (AvgIpc) is 3.29. The van der Waals surface area contributed by atoms with Crippen LogP contribution in [0.1, 0.15) is 27.4 Å². The minimum absolute atomic E-state index is 0.190. The van der Waals surface area contributed by atoms with E-state index in [-0.39, 0.29) is 11.7 Å². The van der Waals surface area contributed by atoms with Crippen LogP contribution in [0, 0.1) is 12.7 Å². The Labute approximate surface area is 210 Å². The normalized spacial score (nSPS) is 14.1. The third kappa shape index (κ3) is 5.63. The second kappa shape index (κ2) is 10.7. The Morgan fingerprint density at radius 1 is 0.944 bits per heavy atom. The van der Waals surface area contributed by atoms with Crippen LogP contribution in [-0.4, -0.2) is 42.0 Å². The van der Waals surface area contributed by atoms with Gasteiger partial charge < -0.3 is 14.6 Å². The third-order valence-corrected chi connectivity index (χ3v) is 6.52. The summed E-state index contributed by atoms with van der Waals surface area (Å²) in [6, 6.07) is 23.8. The minimum Gasteiger partial charge on any atom is -0.441 e. The van der Waals surface area contributed by atoms with E-state index in [0.717, 1.165) is 55.3 Å². The van der Waals surface area contributed by atoms with E-state index in [1.165, 1.54) is 17.8 Å². The summed E-state index contributed by atoms with van der Waals surface area (Å²) in [6.07, 6.45) is 0. The average molecular weight is 485 g/mol. The Bertz CT molecular complexity index is 1300. The lowest BCUT2D eigenvalue weighted by atomic mass is 10.1. The van der Waals surface area contributed by atoms with Gasteiger partial charge in [-0.2, -0.15) is 0 Å². The zero-order valence-electron chi connectivity index (χ0n) is 20.3. The van der Waals surface area contributed by atoms with Crippen molar-refractivity contribution in [3.05, 3.63) is 107 Å². The SMILES string of the molecule is Cc1oc(-c2ccc(C(=O)NCc3ccc(F)cc3)cc2)nc1CN1CCN(c2ccccc2)CC1. The smallest absolute Gasteiger partial charge is 0.251 e. The summed E-state index contributed by atoms with van der Waals surface area (Å²) >= 11 is 0. The number of hydrogen-bond donors (Lipinski definition) is 1. The number of halogens is 1. The molecule has 0 bridgehead atoms. The Morgan fingerprint density at radius 3 is 2.33 bits per heavy atom. The largest absolute Gasteiger partial charge is 0.441 e.